The molecule has 0 aliphatic rings. The Morgan fingerprint density at radius 2 is 1.84 bits per heavy atom. The SMILES string of the molecule is COc1ccc2c(c1)c(N=NC(=O)COc1cccc3ccccc13)c(O)n2C(C)C. The average molecular weight is 417 g/mol. The number of azo groups is 1. The highest BCUT2D eigenvalue weighted by Gasteiger charge is 2.19. The van der Waals surface area contributed by atoms with Crippen LogP contribution in [0.1, 0.15) is 19.9 Å². The zero-order valence-electron chi connectivity index (χ0n) is 17.6. The van der Waals surface area contributed by atoms with Gasteiger partial charge in [0.15, 0.2) is 12.3 Å². The molecular weight excluding hydrogens is 394 g/mol. The van der Waals surface area contributed by atoms with Crippen molar-refractivity contribution in [3.63, 3.8) is 0 Å². The summed E-state index contributed by atoms with van der Waals surface area (Å²) in [5, 5.41) is 21.1. The highest BCUT2D eigenvalue weighted by molar-refractivity contribution is 5.96. The highest BCUT2D eigenvalue weighted by atomic mass is 16.5. The van der Waals surface area contributed by atoms with E-state index in [2.05, 4.69) is 10.2 Å². The number of hydrogen-bond donors (Lipinski definition) is 1. The van der Waals surface area contributed by atoms with Crippen LogP contribution in [0.2, 0.25) is 0 Å². The Morgan fingerprint density at radius 1 is 1.06 bits per heavy atom. The van der Waals surface area contributed by atoms with Crippen molar-refractivity contribution in [1.82, 2.24) is 4.57 Å². The topological polar surface area (TPSA) is 85.4 Å². The minimum absolute atomic E-state index is 0.00904. The van der Waals surface area contributed by atoms with Crippen LogP contribution < -0.4 is 9.47 Å². The third kappa shape index (κ3) is 3.94. The van der Waals surface area contributed by atoms with E-state index in [9.17, 15) is 9.90 Å². The lowest BCUT2D eigenvalue weighted by Crippen LogP contribution is -2.08. The van der Waals surface area contributed by atoms with Gasteiger partial charge in [-0.15, -0.1) is 10.2 Å². The Kier molecular flexibility index (Phi) is 5.58. The van der Waals surface area contributed by atoms with E-state index >= 15 is 0 Å². The van der Waals surface area contributed by atoms with Crippen molar-refractivity contribution in [3.05, 3.63) is 60.7 Å². The molecule has 0 radical (unpaired) electrons. The number of hydrogen-bond acceptors (Lipinski definition) is 5. The van der Waals surface area contributed by atoms with Gasteiger partial charge in [0, 0.05) is 16.8 Å². The maximum absolute atomic E-state index is 12.3. The van der Waals surface area contributed by atoms with Crippen molar-refractivity contribution in [2.24, 2.45) is 10.2 Å². The van der Waals surface area contributed by atoms with Crippen molar-refractivity contribution in [1.29, 1.82) is 0 Å². The Labute approximate surface area is 179 Å². The summed E-state index contributed by atoms with van der Waals surface area (Å²) < 4.78 is 12.7. The first kappa shape index (κ1) is 20.4. The van der Waals surface area contributed by atoms with Crippen LogP contribution in [0.3, 0.4) is 0 Å². The number of aromatic nitrogens is 1. The Hall–Kier alpha value is -3.87. The second kappa shape index (κ2) is 8.47. The molecule has 0 fully saturated rings. The van der Waals surface area contributed by atoms with Gasteiger partial charge < -0.3 is 19.1 Å². The third-order valence-electron chi connectivity index (χ3n) is 5.04. The fourth-order valence-electron chi connectivity index (χ4n) is 3.61. The van der Waals surface area contributed by atoms with Crippen molar-refractivity contribution in [2.45, 2.75) is 19.9 Å². The molecule has 0 spiro atoms. The summed E-state index contributed by atoms with van der Waals surface area (Å²) in [6.45, 7) is 3.64. The lowest BCUT2D eigenvalue weighted by molar-refractivity contribution is -0.120. The summed E-state index contributed by atoms with van der Waals surface area (Å²) in [5.41, 5.74) is 1.00. The van der Waals surface area contributed by atoms with E-state index in [4.69, 9.17) is 9.47 Å². The fourth-order valence-corrected chi connectivity index (χ4v) is 3.61. The summed E-state index contributed by atoms with van der Waals surface area (Å²) in [6, 6.07) is 18.8. The summed E-state index contributed by atoms with van der Waals surface area (Å²) in [7, 11) is 1.57. The molecule has 158 valence electrons. The molecule has 1 aromatic heterocycles. The highest BCUT2D eigenvalue weighted by Crippen LogP contribution is 2.42. The number of aromatic hydroxyl groups is 1. The van der Waals surface area contributed by atoms with Gasteiger partial charge in [0.2, 0.25) is 5.88 Å². The molecule has 3 aromatic carbocycles. The fraction of sp³-hybridized carbons (Fsp3) is 0.208. The Morgan fingerprint density at radius 3 is 2.61 bits per heavy atom. The largest absolute Gasteiger partial charge is 0.497 e. The van der Waals surface area contributed by atoms with Crippen LogP contribution in [0.25, 0.3) is 21.7 Å². The standard InChI is InChI=1S/C24H23N3O4/c1-15(2)27-20-12-11-17(30-3)13-19(20)23(24(27)29)26-25-22(28)14-31-21-10-6-8-16-7-4-5-9-18(16)21/h4-13,15,29H,14H2,1-3H3. The van der Waals surface area contributed by atoms with Crippen LogP contribution >= 0.6 is 0 Å². The molecule has 4 rings (SSSR count). The van der Waals surface area contributed by atoms with Gasteiger partial charge in [0.05, 0.1) is 12.6 Å². The molecule has 7 nitrogen and oxygen atoms in total. The molecule has 0 aliphatic carbocycles. The van der Waals surface area contributed by atoms with Crippen LogP contribution in [0.15, 0.2) is 70.9 Å². The molecule has 0 unspecified atom stereocenters. The molecule has 0 bridgehead atoms. The van der Waals surface area contributed by atoms with Crippen molar-refractivity contribution in [2.75, 3.05) is 13.7 Å². The predicted molar refractivity (Wildman–Crippen MR) is 120 cm³/mol. The molecule has 0 aliphatic heterocycles. The monoisotopic (exact) mass is 417 g/mol. The first-order valence-corrected chi connectivity index (χ1v) is 9.95. The molecule has 0 saturated carbocycles. The Bertz CT molecular complexity index is 1290. The molecule has 1 amide bonds. The van der Waals surface area contributed by atoms with Crippen LogP contribution in [-0.2, 0) is 4.79 Å². The zero-order chi connectivity index (χ0) is 22.0. The van der Waals surface area contributed by atoms with Crippen LogP contribution in [0.5, 0.6) is 17.4 Å². The minimum atomic E-state index is -0.555. The summed E-state index contributed by atoms with van der Waals surface area (Å²) in [5.74, 6) is 0.617. The average Bonchev–Trinajstić information content (AvgIpc) is 3.06. The van der Waals surface area contributed by atoms with Gasteiger partial charge in [0.25, 0.3) is 0 Å². The first-order chi connectivity index (χ1) is 15.0. The number of benzene rings is 3. The smallest absolute Gasteiger partial charge is 0.302 e. The zero-order valence-corrected chi connectivity index (χ0v) is 17.6. The van der Waals surface area contributed by atoms with Crippen LogP contribution in [0, 0.1) is 0 Å². The minimum Gasteiger partial charge on any atom is -0.497 e. The van der Waals surface area contributed by atoms with Crippen LogP contribution in [-0.4, -0.2) is 29.3 Å². The van der Waals surface area contributed by atoms with E-state index in [-0.39, 0.29) is 24.2 Å². The number of methoxy groups -OCH3 is 1. The van der Waals surface area contributed by atoms with E-state index in [1.165, 1.54) is 0 Å². The van der Waals surface area contributed by atoms with Gasteiger partial charge in [0.1, 0.15) is 11.5 Å². The van der Waals surface area contributed by atoms with E-state index in [1.54, 1.807) is 23.8 Å². The number of rotatable bonds is 6. The number of fused-ring (bicyclic) bond motifs is 2. The number of carbonyl (C=O) groups is 1. The van der Waals surface area contributed by atoms with Crippen LogP contribution in [0.4, 0.5) is 5.69 Å². The van der Waals surface area contributed by atoms with Gasteiger partial charge in [-0.3, -0.25) is 4.79 Å². The molecule has 1 N–H and O–H groups in total. The lowest BCUT2D eigenvalue weighted by Gasteiger charge is -2.10. The maximum atomic E-state index is 12.3. The van der Waals surface area contributed by atoms with Gasteiger partial charge >= 0.3 is 5.91 Å². The molecule has 31 heavy (non-hydrogen) atoms. The van der Waals surface area contributed by atoms with Gasteiger partial charge in [-0.1, -0.05) is 36.4 Å². The molecule has 1 heterocycles. The molecule has 0 saturated heterocycles. The van der Waals surface area contributed by atoms with Crippen molar-refractivity contribution in [3.8, 4) is 17.4 Å². The van der Waals surface area contributed by atoms with E-state index in [0.717, 1.165) is 16.3 Å². The summed E-state index contributed by atoms with van der Waals surface area (Å²) in [6.07, 6.45) is 0. The predicted octanol–water partition coefficient (Wildman–Crippen LogP) is 5.78. The molecule has 4 aromatic rings. The van der Waals surface area contributed by atoms with Crippen molar-refractivity contribution < 1.29 is 19.4 Å². The van der Waals surface area contributed by atoms with Gasteiger partial charge in [-0.2, -0.15) is 0 Å². The van der Waals surface area contributed by atoms with Gasteiger partial charge in [-0.25, -0.2) is 0 Å². The molecular formula is C24H23N3O4. The van der Waals surface area contributed by atoms with E-state index in [1.807, 2.05) is 62.4 Å². The first-order valence-electron chi connectivity index (χ1n) is 9.95. The Balaban J connectivity index is 1.59. The molecule has 7 heteroatoms. The summed E-state index contributed by atoms with van der Waals surface area (Å²) in [4.78, 5) is 12.3. The van der Waals surface area contributed by atoms with Crippen molar-refractivity contribution >= 4 is 33.3 Å². The number of nitrogens with zero attached hydrogens (tertiary/aromatic N) is 3. The number of ether oxygens (including phenoxy) is 2. The number of amides is 1. The quantitative estimate of drug-likeness (QED) is 0.403. The lowest BCUT2D eigenvalue weighted by atomic mass is 10.1. The third-order valence-corrected chi connectivity index (χ3v) is 5.04. The van der Waals surface area contributed by atoms with E-state index in [0.29, 0.717) is 16.9 Å². The normalized spacial score (nSPS) is 11.6. The molecule has 0 atom stereocenters. The van der Waals surface area contributed by atoms with E-state index < -0.39 is 5.91 Å². The second-order valence-electron chi connectivity index (χ2n) is 7.38. The second-order valence-corrected chi connectivity index (χ2v) is 7.38. The number of carbonyl (C=O) groups excluding carboxylic acids is 1. The summed E-state index contributed by atoms with van der Waals surface area (Å²) >= 11 is 0. The maximum Gasteiger partial charge on any atom is 0.302 e. The van der Waals surface area contributed by atoms with Gasteiger partial charge in [-0.05, 0) is 43.5 Å².